The number of hydrogen-bond donors (Lipinski definition) is 2. The molecule has 0 heterocycles. The van der Waals surface area contributed by atoms with E-state index in [0.29, 0.717) is 18.0 Å². The highest BCUT2D eigenvalue weighted by Crippen LogP contribution is 2.28. The van der Waals surface area contributed by atoms with Crippen LogP contribution in [0.3, 0.4) is 0 Å². The number of hydrogen-bond acceptors (Lipinski definition) is 4. The molecule has 0 aliphatic rings. The van der Waals surface area contributed by atoms with E-state index in [1.54, 1.807) is 24.3 Å². The van der Waals surface area contributed by atoms with Crippen molar-refractivity contribution in [3.8, 4) is 11.5 Å². The zero-order valence-corrected chi connectivity index (χ0v) is 12.9. The van der Waals surface area contributed by atoms with Gasteiger partial charge in [-0.25, -0.2) is 0 Å². The Morgan fingerprint density at radius 1 is 1.32 bits per heavy atom. The summed E-state index contributed by atoms with van der Waals surface area (Å²) in [6, 6.07) is 5.14. The molecule has 0 aromatic heterocycles. The van der Waals surface area contributed by atoms with Crippen molar-refractivity contribution in [3.05, 3.63) is 29.8 Å². The first kappa shape index (κ1) is 17.6. The van der Waals surface area contributed by atoms with E-state index in [0.717, 1.165) is 18.4 Å². The molecule has 0 spiro atoms. The van der Waals surface area contributed by atoms with Gasteiger partial charge in [0.1, 0.15) is 0 Å². The fraction of sp³-hybridized carbons (Fsp3) is 0.375. The van der Waals surface area contributed by atoms with Crippen molar-refractivity contribution in [1.82, 2.24) is 5.32 Å². The maximum atomic E-state index is 11.6. The number of nitrogens with two attached hydrogens (primary N) is 1. The van der Waals surface area contributed by atoms with Gasteiger partial charge in [0.15, 0.2) is 18.1 Å². The molecule has 0 aliphatic heterocycles. The second-order valence-corrected chi connectivity index (χ2v) is 4.64. The molecule has 3 N–H and O–H groups in total. The summed E-state index contributed by atoms with van der Waals surface area (Å²) in [5, 5.41) is 2.79. The first-order valence-electron chi connectivity index (χ1n) is 7.12. The number of primary amides is 1. The van der Waals surface area contributed by atoms with Crippen molar-refractivity contribution >= 4 is 17.9 Å². The SMILES string of the molecule is CCCCNC(=O)/C=C/c1ccc(OCC(N)=O)c(OC)c1. The summed E-state index contributed by atoms with van der Waals surface area (Å²) in [7, 11) is 1.50. The van der Waals surface area contributed by atoms with E-state index >= 15 is 0 Å². The van der Waals surface area contributed by atoms with Gasteiger partial charge in [-0.2, -0.15) is 0 Å². The van der Waals surface area contributed by atoms with E-state index in [4.69, 9.17) is 15.2 Å². The molecule has 0 radical (unpaired) electrons. The lowest BCUT2D eigenvalue weighted by molar-refractivity contribution is -0.120. The van der Waals surface area contributed by atoms with Gasteiger partial charge in [-0.1, -0.05) is 19.4 Å². The summed E-state index contributed by atoms with van der Waals surface area (Å²) >= 11 is 0. The van der Waals surface area contributed by atoms with E-state index in [1.807, 2.05) is 0 Å². The summed E-state index contributed by atoms with van der Waals surface area (Å²) in [5.74, 6) is 0.192. The van der Waals surface area contributed by atoms with Gasteiger partial charge in [0, 0.05) is 12.6 Å². The molecule has 0 atom stereocenters. The van der Waals surface area contributed by atoms with Gasteiger partial charge in [0.05, 0.1) is 7.11 Å². The highest BCUT2D eigenvalue weighted by atomic mass is 16.5. The third kappa shape index (κ3) is 6.30. The van der Waals surface area contributed by atoms with Crippen LogP contribution in [0.2, 0.25) is 0 Å². The molecular formula is C16H22N2O4. The Bertz CT molecular complexity index is 541. The summed E-state index contributed by atoms with van der Waals surface area (Å²) in [6.45, 7) is 2.52. The van der Waals surface area contributed by atoms with Gasteiger partial charge < -0.3 is 20.5 Å². The number of carbonyl (C=O) groups is 2. The first-order valence-corrected chi connectivity index (χ1v) is 7.12. The largest absolute Gasteiger partial charge is 0.493 e. The topological polar surface area (TPSA) is 90.6 Å². The minimum atomic E-state index is -0.560. The Kier molecular flexibility index (Phi) is 7.53. The van der Waals surface area contributed by atoms with Gasteiger partial charge in [0.25, 0.3) is 5.91 Å². The number of benzene rings is 1. The van der Waals surface area contributed by atoms with Gasteiger partial charge in [0.2, 0.25) is 5.91 Å². The van der Waals surface area contributed by atoms with Crippen LogP contribution in [0.5, 0.6) is 11.5 Å². The van der Waals surface area contributed by atoms with Crippen LogP contribution in [0.1, 0.15) is 25.3 Å². The minimum Gasteiger partial charge on any atom is -0.493 e. The van der Waals surface area contributed by atoms with E-state index in [1.165, 1.54) is 13.2 Å². The minimum absolute atomic E-state index is 0.138. The molecule has 22 heavy (non-hydrogen) atoms. The maximum Gasteiger partial charge on any atom is 0.255 e. The lowest BCUT2D eigenvalue weighted by Gasteiger charge is -2.09. The fourth-order valence-corrected chi connectivity index (χ4v) is 1.68. The predicted octanol–water partition coefficient (Wildman–Crippen LogP) is 1.49. The molecule has 0 fully saturated rings. The zero-order valence-electron chi connectivity index (χ0n) is 12.9. The van der Waals surface area contributed by atoms with Gasteiger partial charge in [-0.15, -0.1) is 0 Å². The molecular weight excluding hydrogens is 284 g/mol. The van der Waals surface area contributed by atoms with E-state index in [-0.39, 0.29) is 12.5 Å². The number of rotatable bonds is 9. The second kappa shape index (κ2) is 9.44. The second-order valence-electron chi connectivity index (χ2n) is 4.64. The number of unbranched alkanes of at least 4 members (excludes halogenated alkanes) is 1. The van der Waals surface area contributed by atoms with Crippen LogP contribution in [-0.2, 0) is 9.59 Å². The van der Waals surface area contributed by atoms with Gasteiger partial charge in [-0.05, 0) is 30.2 Å². The number of amides is 2. The molecule has 6 heteroatoms. The number of methoxy groups -OCH3 is 1. The molecule has 2 amide bonds. The number of carbonyl (C=O) groups excluding carboxylic acids is 2. The van der Waals surface area contributed by atoms with E-state index in [2.05, 4.69) is 12.2 Å². The molecule has 120 valence electrons. The van der Waals surface area contributed by atoms with Gasteiger partial charge in [-0.3, -0.25) is 9.59 Å². The van der Waals surface area contributed by atoms with Crippen molar-refractivity contribution < 1.29 is 19.1 Å². The van der Waals surface area contributed by atoms with E-state index < -0.39 is 5.91 Å². The summed E-state index contributed by atoms with van der Waals surface area (Å²) in [5.41, 5.74) is 5.82. The summed E-state index contributed by atoms with van der Waals surface area (Å²) in [4.78, 5) is 22.3. The smallest absolute Gasteiger partial charge is 0.255 e. The van der Waals surface area contributed by atoms with Crippen molar-refractivity contribution in [2.24, 2.45) is 5.73 Å². The molecule has 0 unspecified atom stereocenters. The van der Waals surface area contributed by atoms with Crippen molar-refractivity contribution in [2.75, 3.05) is 20.3 Å². The molecule has 0 saturated carbocycles. The Balaban J connectivity index is 2.68. The fourth-order valence-electron chi connectivity index (χ4n) is 1.68. The number of ether oxygens (including phenoxy) is 2. The highest BCUT2D eigenvalue weighted by molar-refractivity contribution is 5.91. The van der Waals surface area contributed by atoms with Crippen LogP contribution in [-0.4, -0.2) is 32.1 Å². The maximum absolute atomic E-state index is 11.6. The first-order chi connectivity index (χ1) is 10.6. The van der Waals surface area contributed by atoms with Crippen LogP contribution in [0.25, 0.3) is 6.08 Å². The molecule has 1 aromatic carbocycles. The Labute approximate surface area is 130 Å². The average molecular weight is 306 g/mol. The molecule has 0 saturated heterocycles. The molecule has 1 aromatic rings. The van der Waals surface area contributed by atoms with E-state index in [9.17, 15) is 9.59 Å². The Morgan fingerprint density at radius 2 is 2.09 bits per heavy atom. The predicted molar refractivity (Wildman–Crippen MR) is 84.6 cm³/mol. The third-order valence-corrected chi connectivity index (χ3v) is 2.81. The van der Waals surface area contributed by atoms with Crippen LogP contribution in [0.15, 0.2) is 24.3 Å². The van der Waals surface area contributed by atoms with Gasteiger partial charge >= 0.3 is 0 Å². The van der Waals surface area contributed by atoms with Crippen molar-refractivity contribution in [1.29, 1.82) is 0 Å². The van der Waals surface area contributed by atoms with Crippen LogP contribution in [0.4, 0.5) is 0 Å². The van der Waals surface area contributed by atoms with Crippen LogP contribution >= 0.6 is 0 Å². The third-order valence-electron chi connectivity index (χ3n) is 2.81. The standard InChI is InChI=1S/C16H22N2O4/c1-3-4-9-18-16(20)8-6-12-5-7-13(14(10-12)21-2)22-11-15(17)19/h5-8,10H,3-4,9,11H2,1-2H3,(H2,17,19)(H,18,20)/b8-6+. The van der Waals surface area contributed by atoms with Crippen LogP contribution in [0, 0.1) is 0 Å². The molecule has 1 rings (SSSR count). The lowest BCUT2D eigenvalue weighted by atomic mass is 10.2. The summed E-state index contributed by atoms with van der Waals surface area (Å²) in [6.07, 6.45) is 5.14. The normalized spacial score (nSPS) is 10.5. The Morgan fingerprint density at radius 3 is 2.73 bits per heavy atom. The quantitative estimate of drug-likeness (QED) is 0.534. The van der Waals surface area contributed by atoms with Crippen molar-refractivity contribution in [2.45, 2.75) is 19.8 Å². The average Bonchev–Trinajstić information content (AvgIpc) is 2.51. The zero-order chi connectivity index (χ0) is 16.4. The van der Waals surface area contributed by atoms with Crippen LogP contribution < -0.4 is 20.5 Å². The highest BCUT2D eigenvalue weighted by Gasteiger charge is 2.06. The summed E-state index contributed by atoms with van der Waals surface area (Å²) < 4.78 is 10.4. The molecule has 0 aliphatic carbocycles. The van der Waals surface area contributed by atoms with Crippen molar-refractivity contribution in [3.63, 3.8) is 0 Å². The number of nitrogens with one attached hydrogen (secondary N) is 1. The molecule has 0 bridgehead atoms. The monoisotopic (exact) mass is 306 g/mol. The molecule has 6 nitrogen and oxygen atoms in total. The lowest BCUT2D eigenvalue weighted by Crippen LogP contribution is -2.21. The Hall–Kier alpha value is -2.50.